The van der Waals surface area contributed by atoms with Crippen LogP contribution < -0.4 is 5.32 Å². The highest BCUT2D eigenvalue weighted by atomic mass is 32.2. The van der Waals surface area contributed by atoms with Crippen molar-refractivity contribution in [3.8, 4) is 0 Å². The molecule has 0 saturated heterocycles. The summed E-state index contributed by atoms with van der Waals surface area (Å²) in [7, 11) is 3.02. The van der Waals surface area contributed by atoms with Crippen LogP contribution in [-0.4, -0.2) is 55.0 Å². The zero-order chi connectivity index (χ0) is 12.6. The number of hydrogen-bond donors (Lipinski definition) is 2. The number of carboxylic acid groups (broad SMARTS) is 1. The molecule has 0 aliphatic heterocycles. The summed E-state index contributed by atoms with van der Waals surface area (Å²) in [5.74, 6) is -0.619. The molecule has 0 bridgehead atoms. The second-order valence-corrected chi connectivity index (χ2v) is 4.10. The Morgan fingerprint density at radius 1 is 1.31 bits per heavy atom. The number of methoxy groups -OCH3 is 2. The molecule has 0 aromatic heterocycles. The Morgan fingerprint density at radius 3 is 2.25 bits per heavy atom. The Morgan fingerprint density at radius 2 is 1.88 bits per heavy atom. The van der Waals surface area contributed by atoms with E-state index in [2.05, 4.69) is 5.32 Å². The number of ether oxygens (including phenoxy) is 2. The summed E-state index contributed by atoms with van der Waals surface area (Å²) in [5.41, 5.74) is 0. The Labute approximate surface area is 98.7 Å². The molecule has 16 heavy (non-hydrogen) atoms. The van der Waals surface area contributed by atoms with E-state index in [4.69, 9.17) is 14.6 Å². The smallest absolute Gasteiger partial charge is 0.327 e. The van der Waals surface area contributed by atoms with Crippen LogP contribution in [0.5, 0.6) is 0 Å². The van der Waals surface area contributed by atoms with Gasteiger partial charge in [0.15, 0.2) is 6.29 Å². The maximum absolute atomic E-state index is 10.8. The van der Waals surface area contributed by atoms with E-state index in [0.717, 1.165) is 0 Å². The second kappa shape index (κ2) is 8.37. The van der Waals surface area contributed by atoms with Gasteiger partial charge in [0.1, 0.15) is 6.04 Å². The molecule has 0 heterocycles. The van der Waals surface area contributed by atoms with E-state index in [1.165, 1.54) is 32.9 Å². The van der Waals surface area contributed by atoms with Crippen molar-refractivity contribution in [1.82, 2.24) is 5.32 Å². The minimum absolute atomic E-state index is 0.276. The zero-order valence-corrected chi connectivity index (χ0v) is 10.4. The number of aliphatic carboxylic acids is 1. The molecule has 0 radical (unpaired) electrons. The highest BCUT2D eigenvalue weighted by Gasteiger charge is 2.18. The minimum atomic E-state index is -1.05. The molecule has 0 saturated carbocycles. The van der Waals surface area contributed by atoms with Crippen LogP contribution in [0.25, 0.3) is 0 Å². The van der Waals surface area contributed by atoms with Crippen molar-refractivity contribution in [2.75, 3.05) is 25.7 Å². The molecule has 2 N–H and O–H groups in total. The van der Waals surface area contributed by atoms with Gasteiger partial charge in [-0.1, -0.05) is 0 Å². The van der Waals surface area contributed by atoms with E-state index in [0.29, 0.717) is 5.75 Å². The average Bonchev–Trinajstić information content (AvgIpc) is 2.22. The average molecular weight is 251 g/mol. The summed E-state index contributed by atoms with van der Waals surface area (Å²) in [6.45, 7) is 1.29. The molecule has 0 fully saturated rings. The normalized spacial score (nSPS) is 12.5. The maximum atomic E-state index is 10.8. The lowest BCUT2D eigenvalue weighted by Crippen LogP contribution is -2.41. The molecule has 0 aliphatic rings. The zero-order valence-electron chi connectivity index (χ0n) is 9.56. The van der Waals surface area contributed by atoms with Crippen molar-refractivity contribution >= 4 is 23.6 Å². The quantitative estimate of drug-likeness (QED) is 0.587. The van der Waals surface area contributed by atoms with Crippen LogP contribution in [0.1, 0.15) is 6.92 Å². The highest BCUT2D eigenvalue weighted by molar-refractivity contribution is 7.99. The fraction of sp³-hybridized carbons (Fsp3) is 0.778. The van der Waals surface area contributed by atoms with Gasteiger partial charge in [-0.15, -0.1) is 0 Å². The standard InChI is InChI=1S/C9H17NO5S/c1-6(11)10-7(9(12)13)4-16-5-8(14-2)15-3/h7-8H,4-5H2,1-3H3,(H,10,11)(H,12,13). The van der Waals surface area contributed by atoms with Crippen molar-refractivity contribution in [1.29, 1.82) is 0 Å². The van der Waals surface area contributed by atoms with E-state index in [9.17, 15) is 9.59 Å². The second-order valence-electron chi connectivity index (χ2n) is 3.03. The predicted octanol–water partition coefficient (Wildman–Crippen LogP) is -0.0722. The van der Waals surface area contributed by atoms with Crippen LogP contribution in [0.3, 0.4) is 0 Å². The summed E-state index contributed by atoms with van der Waals surface area (Å²) < 4.78 is 9.89. The minimum Gasteiger partial charge on any atom is -0.480 e. The number of rotatable bonds is 8. The first-order valence-corrected chi connectivity index (χ1v) is 5.80. The summed E-state index contributed by atoms with van der Waals surface area (Å²) in [6.07, 6.45) is -0.364. The lowest BCUT2D eigenvalue weighted by atomic mass is 10.3. The molecular weight excluding hydrogens is 234 g/mol. The largest absolute Gasteiger partial charge is 0.480 e. The van der Waals surface area contributed by atoms with Crippen LogP contribution in [0.15, 0.2) is 0 Å². The van der Waals surface area contributed by atoms with E-state index in [1.54, 1.807) is 0 Å². The SMILES string of the molecule is COC(CSCC(NC(C)=O)C(=O)O)OC. The Kier molecular flexibility index (Phi) is 7.96. The molecule has 0 aromatic carbocycles. The molecule has 6 nitrogen and oxygen atoms in total. The van der Waals surface area contributed by atoms with E-state index in [-0.39, 0.29) is 18.0 Å². The number of carbonyl (C=O) groups is 2. The van der Waals surface area contributed by atoms with Gasteiger partial charge < -0.3 is 19.9 Å². The van der Waals surface area contributed by atoms with Gasteiger partial charge in [0.25, 0.3) is 0 Å². The molecule has 1 unspecified atom stereocenters. The lowest BCUT2D eigenvalue weighted by Gasteiger charge is -2.15. The first-order valence-electron chi connectivity index (χ1n) is 4.64. The molecule has 0 spiro atoms. The monoisotopic (exact) mass is 251 g/mol. The van der Waals surface area contributed by atoms with Gasteiger partial charge in [0.2, 0.25) is 5.91 Å². The van der Waals surface area contributed by atoms with Crippen molar-refractivity contribution in [3.63, 3.8) is 0 Å². The summed E-state index contributed by atoms with van der Waals surface area (Å²) in [6, 6.07) is -0.878. The van der Waals surface area contributed by atoms with Crippen molar-refractivity contribution in [2.45, 2.75) is 19.3 Å². The van der Waals surface area contributed by atoms with Crippen molar-refractivity contribution < 1.29 is 24.2 Å². The van der Waals surface area contributed by atoms with Gasteiger partial charge >= 0.3 is 5.97 Å². The number of nitrogens with one attached hydrogen (secondary N) is 1. The van der Waals surface area contributed by atoms with Gasteiger partial charge in [0.05, 0.1) is 0 Å². The van der Waals surface area contributed by atoms with Crippen LogP contribution >= 0.6 is 11.8 Å². The van der Waals surface area contributed by atoms with Crippen molar-refractivity contribution in [2.24, 2.45) is 0 Å². The molecule has 0 aliphatic carbocycles. The Bertz CT molecular complexity index is 232. The molecular formula is C9H17NO5S. The van der Waals surface area contributed by atoms with Crippen LogP contribution in [0.4, 0.5) is 0 Å². The number of amides is 1. The van der Waals surface area contributed by atoms with E-state index >= 15 is 0 Å². The Hall–Kier alpha value is -0.790. The number of hydrogen-bond acceptors (Lipinski definition) is 5. The summed E-state index contributed by atoms with van der Waals surface area (Å²) >= 11 is 1.34. The third-order valence-electron chi connectivity index (χ3n) is 1.74. The third-order valence-corrected chi connectivity index (χ3v) is 2.82. The molecule has 1 atom stereocenters. The third kappa shape index (κ3) is 6.65. The van der Waals surface area contributed by atoms with Crippen molar-refractivity contribution in [3.05, 3.63) is 0 Å². The summed E-state index contributed by atoms with van der Waals surface area (Å²) in [4.78, 5) is 21.5. The predicted molar refractivity (Wildman–Crippen MR) is 60.4 cm³/mol. The van der Waals surface area contributed by atoms with E-state index < -0.39 is 12.0 Å². The van der Waals surface area contributed by atoms with Gasteiger partial charge in [0, 0.05) is 32.6 Å². The first-order chi connectivity index (χ1) is 7.51. The lowest BCUT2D eigenvalue weighted by molar-refractivity contribution is -0.140. The molecule has 7 heteroatoms. The van der Waals surface area contributed by atoms with Gasteiger partial charge in [-0.05, 0) is 0 Å². The van der Waals surface area contributed by atoms with Gasteiger partial charge in [-0.25, -0.2) is 4.79 Å². The van der Waals surface area contributed by atoms with Crippen LogP contribution in [0.2, 0.25) is 0 Å². The van der Waals surface area contributed by atoms with Gasteiger partial charge in [-0.3, -0.25) is 4.79 Å². The topological polar surface area (TPSA) is 84.9 Å². The fourth-order valence-electron chi connectivity index (χ4n) is 0.934. The molecule has 0 rings (SSSR count). The Balaban J connectivity index is 3.93. The molecule has 0 aromatic rings. The van der Waals surface area contributed by atoms with Crippen LogP contribution in [0, 0.1) is 0 Å². The first kappa shape index (κ1) is 15.2. The van der Waals surface area contributed by atoms with E-state index in [1.807, 2.05) is 0 Å². The number of carboxylic acids is 1. The number of thioether (sulfide) groups is 1. The molecule has 94 valence electrons. The molecule has 1 amide bonds. The number of carbonyl (C=O) groups excluding carboxylic acids is 1. The summed E-state index contributed by atoms with van der Waals surface area (Å²) in [5, 5.41) is 11.2. The fourth-order valence-corrected chi connectivity index (χ4v) is 2.00. The van der Waals surface area contributed by atoms with Crippen LogP contribution in [-0.2, 0) is 19.1 Å². The highest BCUT2D eigenvalue weighted by Crippen LogP contribution is 2.08. The maximum Gasteiger partial charge on any atom is 0.327 e. The van der Waals surface area contributed by atoms with Gasteiger partial charge in [-0.2, -0.15) is 11.8 Å².